The van der Waals surface area contributed by atoms with Crippen LogP contribution in [0, 0.1) is 5.92 Å². The fourth-order valence-electron chi connectivity index (χ4n) is 3.10. The summed E-state index contributed by atoms with van der Waals surface area (Å²) in [5.41, 5.74) is 2.44. The summed E-state index contributed by atoms with van der Waals surface area (Å²) in [6.07, 6.45) is 1.47. The van der Waals surface area contributed by atoms with E-state index in [4.69, 9.17) is 0 Å². The van der Waals surface area contributed by atoms with Crippen LogP contribution in [0.3, 0.4) is 0 Å². The van der Waals surface area contributed by atoms with Crippen molar-refractivity contribution < 1.29 is 14.4 Å². The molecule has 0 fully saturated rings. The molecule has 1 aromatic carbocycles. The van der Waals surface area contributed by atoms with Gasteiger partial charge in [-0.3, -0.25) is 14.4 Å². The standard InChI is InChI=1S/C18H25N3O3S2/c22-16(11-25)19-5-7-21(8-6-20-17(23)12-26)18(24)15-9-13-3-1-2-4-14(13)10-15/h1-4,15,25-26H,5-12H2,(H,19,22)(H,20,23). The van der Waals surface area contributed by atoms with Crippen molar-refractivity contribution in [1.82, 2.24) is 15.5 Å². The Morgan fingerprint density at radius 3 is 1.81 bits per heavy atom. The predicted molar refractivity (Wildman–Crippen MR) is 108 cm³/mol. The number of amides is 3. The first-order chi connectivity index (χ1) is 12.5. The summed E-state index contributed by atoms with van der Waals surface area (Å²) in [7, 11) is 0. The van der Waals surface area contributed by atoms with Crippen molar-refractivity contribution in [2.24, 2.45) is 5.92 Å². The molecule has 0 saturated carbocycles. The molecule has 0 saturated heterocycles. The van der Waals surface area contributed by atoms with Gasteiger partial charge in [0, 0.05) is 32.1 Å². The van der Waals surface area contributed by atoms with Crippen molar-refractivity contribution in [2.45, 2.75) is 12.8 Å². The number of hydrogen-bond donors (Lipinski definition) is 4. The highest BCUT2D eigenvalue weighted by Gasteiger charge is 2.30. The maximum Gasteiger partial charge on any atom is 0.229 e. The van der Waals surface area contributed by atoms with Crippen molar-refractivity contribution in [3.8, 4) is 0 Å². The third-order valence-electron chi connectivity index (χ3n) is 4.41. The van der Waals surface area contributed by atoms with Crippen molar-refractivity contribution >= 4 is 43.0 Å². The van der Waals surface area contributed by atoms with Crippen LogP contribution in [0.15, 0.2) is 24.3 Å². The zero-order valence-electron chi connectivity index (χ0n) is 14.6. The van der Waals surface area contributed by atoms with Crippen LogP contribution in [0.4, 0.5) is 0 Å². The lowest BCUT2D eigenvalue weighted by Gasteiger charge is -2.26. The summed E-state index contributed by atoms with van der Waals surface area (Å²) in [5.74, 6) is -0.141. The van der Waals surface area contributed by atoms with Gasteiger partial charge in [-0.25, -0.2) is 0 Å². The zero-order valence-corrected chi connectivity index (χ0v) is 16.4. The largest absolute Gasteiger partial charge is 0.354 e. The second-order valence-corrected chi connectivity index (χ2v) is 6.85. The van der Waals surface area contributed by atoms with Crippen molar-refractivity contribution in [1.29, 1.82) is 0 Å². The summed E-state index contributed by atoms with van der Waals surface area (Å²) < 4.78 is 0. The SMILES string of the molecule is O=C(CS)NCCN(CCNC(=O)CS)C(=O)C1Cc2ccccc2C1. The molecule has 1 aliphatic rings. The van der Waals surface area contributed by atoms with Gasteiger partial charge in [0.25, 0.3) is 0 Å². The smallest absolute Gasteiger partial charge is 0.229 e. The Balaban J connectivity index is 1.94. The lowest BCUT2D eigenvalue weighted by atomic mass is 10.0. The van der Waals surface area contributed by atoms with Gasteiger partial charge in [-0.1, -0.05) is 24.3 Å². The summed E-state index contributed by atoms with van der Waals surface area (Å²) in [6.45, 7) is 1.54. The summed E-state index contributed by atoms with van der Waals surface area (Å²) >= 11 is 7.85. The van der Waals surface area contributed by atoms with Gasteiger partial charge in [0.1, 0.15) is 0 Å². The molecular formula is C18H25N3O3S2. The molecule has 2 N–H and O–H groups in total. The molecule has 0 aromatic heterocycles. The van der Waals surface area contributed by atoms with E-state index < -0.39 is 0 Å². The average Bonchev–Trinajstić information content (AvgIpc) is 3.09. The molecule has 0 atom stereocenters. The Kier molecular flexibility index (Phi) is 8.31. The summed E-state index contributed by atoms with van der Waals surface area (Å²) in [6, 6.07) is 8.10. The van der Waals surface area contributed by atoms with E-state index in [2.05, 4.69) is 48.0 Å². The van der Waals surface area contributed by atoms with Gasteiger partial charge in [0.15, 0.2) is 0 Å². The first-order valence-electron chi connectivity index (χ1n) is 8.65. The Bertz CT molecular complexity index is 607. The van der Waals surface area contributed by atoms with Crippen molar-refractivity contribution in [3.63, 3.8) is 0 Å². The molecule has 1 aliphatic carbocycles. The quantitative estimate of drug-likeness (QED) is 0.455. The zero-order chi connectivity index (χ0) is 18.9. The molecule has 3 amide bonds. The summed E-state index contributed by atoms with van der Waals surface area (Å²) in [4.78, 5) is 37.4. The molecule has 8 heteroatoms. The van der Waals surface area contributed by atoms with Gasteiger partial charge in [-0.05, 0) is 24.0 Å². The third-order valence-corrected chi connectivity index (χ3v) is 4.98. The van der Waals surface area contributed by atoms with E-state index in [1.54, 1.807) is 4.90 Å². The lowest BCUT2D eigenvalue weighted by molar-refractivity contribution is -0.135. The first-order valence-corrected chi connectivity index (χ1v) is 9.92. The van der Waals surface area contributed by atoms with Gasteiger partial charge in [0.05, 0.1) is 11.5 Å². The second-order valence-electron chi connectivity index (χ2n) is 6.22. The van der Waals surface area contributed by atoms with Crippen molar-refractivity contribution in [2.75, 3.05) is 37.7 Å². The molecule has 26 heavy (non-hydrogen) atoms. The number of thiol groups is 2. The van der Waals surface area contributed by atoms with E-state index in [9.17, 15) is 14.4 Å². The highest BCUT2D eigenvalue weighted by atomic mass is 32.1. The minimum absolute atomic E-state index is 0.0569. The minimum Gasteiger partial charge on any atom is -0.354 e. The van der Waals surface area contributed by atoms with Crippen molar-refractivity contribution in [3.05, 3.63) is 35.4 Å². The lowest BCUT2D eigenvalue weighted by Crippen LogP contribution is -2.45. The highest BCUT2D eigenvalue weighted by molar-refractivity contribution is 7.81. The van der Waals surface area contributed by atoms with E-state index in [0.29, 0.717) is 26.2 Å². The second kappa shape index (κ2) is 10.5. The molecule has 0 aliphatic heterocycles. The fourth-order valence-corrected chi connectivity index (χ4v) is 3.32. The van der Waals surface area contributed by atoms with E-state index in [1.165, 1.54) is 11.1 Å². The molecule has 6 nitrogen and oxygen atoms in total. The molecule has 1 aromatic rings. The van der Waals surface area contributed by atoms with Gasteiger partial charge >= 0.3 is 0 Å². The van der Waals surface area contributed by atoms with Crippen LogP contribution < -0.4 is 10.6 Å². The van der Waals surface area contributed by atoms with Crippen LogP contribution in [0.1, 0.15) is 11.1 Å². The third kappa shape index (κ3) is 5.95. The maximum absolute atomic E-state index is 13.0. The number of carbonyl (C=O) groups excluding carboxylic acids is 3. The average molecular weight is 396 g/mol. The Hall–Kier alpha value is -1.67. The summed E-state index contributed by atoms with van der Waals surface area (Å²) in [5, 5.41) is 5.45. The minimum atomic E-state index is -0.169. The Morgan fingerprint density at radius 2 is 1.38 bits per heavy atom. The number of rotatable bonds is 9. The normalized spacial score (nSPS) is 13.2. The van der Waals surface area contributed by atoms with Crippen LogP contribution in [-0.4, -0.2) is 60.3 Å². The van der Waals surface area contributed by atoms with Gasteiger partial charge in [-0.2, -0.15) is 25.3 Å². The van der Waals surface area contributed by atoms with E-state index in [-0.39, 0.29) is 35.1 Å². The first kappa shape index (κ1) is 20.6. The van der Waals surface area contributed by atoms with Crippen LogP contribution >= 0.6 is 25.3 Å². The molecule has 0 heterocycles. The highest BCUT2D eigenvalue weighted by Crippen LogP contribution is 2.27. The maximum atomic E-state index is 13.0. The van der Waals surface area contributed by atoms with E-state index in [1.807, 2.05) is 12.1 Å². The van der Waals surface area contributed by atoms with Gasteiger partial charge in [-0.15, -0.1) is 0 Å². The number of carbonyl (C=O) groups is 3. The number of hydrogen-bond acceptors (Lipinski definition) is 5. The van der Waals surface area contributed by atoms with Crippen LogP contribution in [-0.2, 0) is 27.2 Å². The Morgan fingerprint density at radius 1 is 0.923 bits per heavy atom. The Labute approximate surface area is 164 Å². The topological polar surface area (TPSA) is 78.5 Å². The molecule has 0 radical (unpaired) electrons. The number of nitrogens with one attached hydrogen (secondary N) is 2. The van der Waals surface area contributed by atoms with Crippen LogP contribution in [0.2, 0.25) is 0 Å². The number of nitrogens with zero attached hydrogens (tertiary/aromatic N) is 1. The molecule has 142 valence electrons. The molecule has 2 rings (SSSR count). The van der Waals surface area contributed by atoms with Crippen LogP contribution in [0.5, 0.6) is 0 Å². The van der Waals surface area contributed by atoms with Gasteiger partial charge < -0.3 is 15.5 Å². The van der Waals surface area contributed by atoms with Crippen LogP contribution in [0.25, 0.3) is 0 Å². The molecular weight excluding hydrogens is 370 g/mol. The molecule has 0 unspecified atom stereocenters. The monoisotopic (exact) mass is 395 g/mol. The molecule has 0 spiro atoms. The fraction of sp³-hybridized carbons (Fsp3) is 0.500. The van der Waals surface area contributed by atoms with Gasteiger partial charge in [0.2, 0.25) is 17.7 Å². The molecule has 0 bridgehead atoms. The number of fused-ring (bicyclic) bond motifs is 1. The van der Waals surface area contributed by atoms with E-state index >= 15 is 0 Å². The predicted octanol–water partition coefficient (Wildman–Crippen LogP) is 0.322. The van der Waals surface area contributed by atoms with E-state index in [0.717, 1.165) is 12.8 Å². The number of benzene rings is 1.